The zero-order valence-corrected chi connectivity index (χ0v) is 16.5. The molecule has 3 heterocycles. The van der Waals surface area contributed by atoms with Gasteiger partial charge in [0.15, 0.2) is 0 Å². The molecule has 2 aliphatic heterocycles. The van der Waals surface area contributed by atoms with Crippen molar-refractivity contribution in [1.29, 1.82) is 0 Å². The molecule has 0 unspecified atom stereocenters. The lowest BCUT2D eigenvalue weighted by Crippen LogP contribution is -2.49. The zero-order chi connectivity index (χ0) is 18.8. The summed E-state index contributed by atoms with van der Waals surface area (Å²) in [5.41, 5.74) is 0.382. The molecule has 1 aromatic carbocycles. The summed E-state index contributed by atoms with van der Waals surface area (Å²) in [5, 5.41) is 0.780. The molecule has 27 heavy (non-hydrogen) atoms. The monoisotopic (exact) mass is 405 g/mol. The van der Waals surface area contributed by atoms with Gasteiger partial charge in [-0.3, -0.25) is 4.79 Å². The van der Waals surface area contributed by atoms with E-state index >= 15 is 0 Å². The first-order valence-corrected chi connectivity index (χ1v) is 9.94. The lowest BCUT2D eigenvalue weighted by atomic mass is 10.1. The summed E-state index contributed by atoms with van der Waals surface area (Å²) in [4.78, 5) is 28.0. The van der Waals surface area contributed by atoms with Crippen LogP contribution in [0.3, 0.4) is 0 Å². The van der Waals surface area contributed by atoms with Crippen LogP contribution in [0, 0.1) is 0 Å². The first-order chi connectivity index (χ1) is 13.1. The Balaban J connectivity index is 1.43. The standard InChI is InChI=1S/C19H21Cl2N5O/c20-14-4-3-5-15(21)18(14)19(27)26-10-8-25(9-11-26)17-12-16(22-13-23-17)24-6-1-2-7-24/h3-5,12-13H,1-2,6-11H2. The molecule has 8 heteroatoms. The van der Waals surface area contributed by atoms with Gasteiger partial charge >= 0.3 is 0 Å². The summed E-state index contributed by atoms with van der Waals surface area (Å²) in [6.07, 6.45) is 4.06. The third-order valence-corrected chi connectivity index (χ3v) is 5.77. The summed E-state index contributed by atoms with van der Waals surface area (Å²) >= 11 is 12.4. The van der Waals surface area contributed by atoms with Gasteiger partial charge in [0.1, 0.15) is 18.0 Å². The van der Waals surface area contributed by atoms with Crippen molar-refractivity contribution in [3.63, 3.8) is 0 Å². The summed E-state index contributed by atoms with van der Waals surface area (Å²) < 4.78 is 0. The van der Waals surface area contributed by atoms with Crippen LogP contribution in [0.5, 0.6) is 0 Å². The minimum atomic E-state index is -0.120. The Labute approximate surface area is 168 Å². The molecular formula is C19H21Cl2N5O. The molecule has 1 amide bonds. The highest BCUT2D eigenvalue weighted by Crippen LogP contribution is 2.27. The highest BCUT2D eigenvalue weighted by Gasteiger charge is 2.26. The maximum absolute atomic E-state index is 12.8. The first-order valence-electron chi connectivity index (χ1n) is 9.19. The molecule has 0 aliphatic carbocycles. The molecule has 0 bridgehead atoms. The molecular weight excluding hydrogens is 385 g/mol. The van der Waals surface area contributed by atoms with Crippen LogP contribution in [0.25, 0.3) is 0 Å². The fraction of sp³-hybridized carbons (Fsp3) is 0.421. The van der Waals surface area contributed by atoms with E-state index in [2.05, 4.69) is 19.8 Å². The van der Waals surface area contributed by atoms with Crippen molar-refractivity contribution in [2.24, 2.45) is 0 Å². The summed E-state index contributed by atoms with van der Waals surface area (Å²) in [5.74, 6) is 1.78. The maximum Gasteiger partial charge on any atom is 0.257 e. The van der Waals surface area contributed by atoms with Crippen LogP contribution < -0.4 is 9.80 Å². The van der Waals surface area contributed by atoms with Crippen LogP contribution in [0.1, 0.15) is 23.2 Å². The van der Waals surface area contributed by atoms with Gasteiger partial charge in [-0.25, -0.2) is 9.97 Å². The van der Waals surface area contributed by atoms with E-state index in [4.69, 9.17) is 23.2 Å². The molecule has 142 valence electrons. The number of benzene rings is 1. The summed E-state index contributed by atoms with van der Waals surface area (Å²) in [7, 11) is 0. The molecule has 0 atom stereocenters. The van der Waals surface area contributed by atoms with Crippen molar-refractivity contribution in [1.82, 2.24) is 14.9 Å². The number of carbonyl (C=O) groups excluding carboxylic acids is 1. The predicted molar refractivity (Wildman–Crippen MR) is 108 cm³/mol. The molecule has 0 saturated carbocycles. The van der Waals surface area contributed by atoms with E-state index in [-0.39, 0.29) is 5.91 Å². The maximum atomic E-state index is 12.8. The molecule has 2 fully saturated rings. The largest absolute Gasteiger partial charge is 0.356 e. The van der Waals surface area contributed by atoms with Crippen molar-refractivity contribution >= 4 is 40.7 Å². The van der Waals surface area contributed by atoms with E-state index in [1.807, 2.05) is 6.07 Å². The van der Waals surface area contributed by atoms with Crippen LogP contribution in [0.15, 0.2) is 30.6 Å². The number of hydrogen-bond acceptors (Lipinski definition) is 5. The number of hydrogen-bond donors (Lipinski definition) is 0. The third kappa shape index (κ3) is 3.82. The third-order valence-electron chi connectivity index (χ3n) is 5.14. The molecule has 1 aromatic heterocycles. The molecule has 0 radical (unpaired) electrons. The van der Waals surface area contributed by atoms with Gasteiger partial charge in [-0.05, 0) is 25.0 Å². The first kappa shape index (κ1) is 18.3. The molecule has 6 nitrogen and oxygen atoms in total. The van der Waals surface area contributed by atoms with Crippen LogP contribution in [-0.4, -0.2) is 60.0 Å². The van der Waals surface area contributed by atoms with Crippen molar-refractivity contribution < 1.29 is 4.79 Å². The Hall–Kier alpha value is -2.05. The van der Waals surface area contributed by atoms with Crippen LogP contribution in [-0.2, 0) is 0 Å². The normalized spacial score (nSPS) is 17.5. The Morgan fingerprint density at radius 2 is 1.41 bits per heavy atom. The van der Waals surface area contributed by atoms with Gasteiger partial charge in [-0.1, -0.05) is 29.3 Å². The second kappa shape index (κ2) is 7.90. The number of halogens is 2. The Morgan fingerprint density at radius 1 is 0.852 bits per heavy atom. The van der Waals surface area contributed by atoms with Gasteiger partial charge in [0, 0.05) is 45.3 Å². The van der Waals surface area contributed by atoms with Crippen LogP contribution in [0.4, 0.5) is 11.6 Å². The molecule has 0 N–H and O–H groups in total. The van der Waals surface area contributed by atoms with Gasteiger partial charge in [-0.15, -0.1) is 0 Å². The van der Waals surface area contributed by atoms with Gasteiger partial charge in [0.2, 0.25) is 0 Å². The minimum Gasteiger partial charge on any atom is -0.356 e. The van der Waals surface area contributed by atoms with E-state index in [0.29, 0.717) is 41.8 Å². The number of nitrogens with zero attached hydrogens (tertiary/aromatic N) is 5. The van der Waals surface area contributed by atoms with E-state index in [1.54, 1.807) is 29.4 Å². The topological polar surface area (TPSA) is 52.6 Å². The summed E-state index contributed by atoms with van der Waals surface area (Å²) in [6, 6.07) is 7.18. The van der Waals surface area contributed by atoms with Crippen LogP contribution in [0.2, 0.25) is 10.0 Å². The highest BCUT2D eigenvalue weighted by molar-refractivity contribution is 6.39. The fourth-order valence-electron chi connectivity index (χ4n) is 3.63. The van der Waals surface area contributed by atoms with Crippen molar-refractivity contribution in [3.8, 4) is 0 Å². The van der Waals surface area contributed by atoms with Crippen molar-refractivity contribution in [3.05, 3.63) is 46.2 Å². The highest BCUT2D eigenvalue weighted by atomic mass is 35.5. The molecule has 2 saturated heterocycles. The number of amides is 1. The Kier molecular flexibility index (Phi) is 5.36. The second-order valence-corrected chi connectivity index (χ2v) is 7.62. The van der Waals surface area contributed by atoms with Crippen molar-refractivity contribution in [2.75, 3.05) is 49.1 Å². The zero-order valence-electron chi connectivity index (χ0n) is 14.9. The van der Waals surface area contributed by atoms with Gasteiger partial charge < -0.3 is 14.7 Å². The number of carbonyl (C=O) groups is 1. The van der Waals surface area contributed by atoms with Gasteiger partial charge in [0.05, 0.1) is 15.6 Å². The number of anilines is 2. The van der Waals surface area contributed by atoms with E-state index in [1.165, 1.54) is 12.8 Å². The van der Waals surface area contributed by atoms with E-state index in [9.17, 15) is 4.79 Å². The lowest BCUT2D eigenvalue weighted by Gasteiger charge is -2.35. The van der Waals surface area contributed by atoms with E-state index < -0.39 is 0 Å². The molecule has 4 rings (SSSR count). The smallest absolute Gasteiger partial charge is 0.257 e. The molecule has 2 aliphatic rings. The Bertz CT molecular complexity index is 812. The van der Waals surface area contributed by atoms with Gasteiger partial charge in [-0.2, -0.15) is 0 Å². The van der Waals surface area contributed by atoms with Crippen LogP contribution >= 0.6 is 23.2 Å². The lowest BCUT2D eigenvalue weighted by molar-refractivity contribution is 0.0747. The SMILES string of the molecule is O=C(c1c(Cl)cccc1Cl)N1CCN(c2cc(N3CCCC3)ncn2)CC1. The Morgan fingerprint density at radius 3 is 2.00 bits per heavy atom. The summed E-state index contributed by atoms with van der Waals surface area (Å²) in [6.45, 7) is 4.73. The second-order valence-electron chi connectivity index (χ2n) is 6.80. The minimum absolute atomic E-state index is 0.120. The van der Waals surface area contributed by atoms with Gasteiger partial charge in [0.25, 0.3) is 5.91 Å². The number of rotatable bonds is 3. The predicted octanol–water partition coefficient (Wildman–Crippen LogP) is 3.35. The number of piperazine rings is 1. The molecule has 2 aromatic rings. The van der Waals surface area contributed by atoms with E-state index in [0.717, 1.165) is 24.7 Å². The fourth-order valence-corrected chi connectivity index (χ4v) is 4.19. The average molecular weight is 406 g/mol. The molecule has 0 spiro atoms. The number of aromatic nitrogens is 2. The average Bonchev–Trinajstić information content (AvgIpc) is 3.23. The quantitative estimate of drug-likeness (QED) is 0.783. The van der Waals surface area contributed by atoms with Crippen molar-refractivity contribution in [2.45, 2.75) is 12.8 Å².